The average molecular weight is 324 g/mol. The number of hydrogen-bond acceptors (Lipinski definition) is 5. The van der Waals surface area contributed by atoms with E-state index in [9.17, 15) is 0 Å². The molecule has 18 heavy (non-hydrogen) atoms. The third kappa shape index (κ3) is 1.91. The Morgan fingerprint density at radius 3 is 3.00 bits per heavy atom. The number of amidine groups is 1. The highest BCUT2D eigenvalue weighted by molar-refractivity contribution is 9.10. The molecule has 2 heterocycles. The molecule has 0 spiro atoms. The van der Waals surface area contributed by atoms with Crippen molar-refractivity contribution >= 4 is 49.5 Å². The number of rotatable bonds is 1. The Kier molecular flexibility index (Phi) is 2.83. The Labute approximate surface area is 116 Å². The summed E-state index contributed by atoms with van der Waals surface area (Å²) in [4.78, 5) is 0. The van der Waals surface area contributed by atoms with Crippen LogP contribution in [0.25, 0.3) is 16.7 Å². The zero-order valence-corrected chi connectivity index (χ0v) is 11.9. The fourth-order valence-corrected chi connectivity index (χ4v) is 2.70. The summed E-state index contributed by atoms with van der Waals surface area (Å²) in [6.45, 7) is 2.03. The zero-order chi connectivity index (χ0) is 12.7. The predicted octanol–water partition coefficient (Wildman–Crippen LogP) is 3.37. The minimum absolute atomic E-state index is 0.496. The number of thioether (sulfide) groups is 1. The minimum atomic E-state index is 0.496. The van der Waals surface area contributed by atoms with Gasteiger partial charge in [0.05, 0.1) is 0 Å². The molecule has 3 rings (SSSR count). The van der Waals surface area contributed by atoms with E-state index >= 15 is 0 Å². The van der Waals surface area contributed by atoms with Gasteiger partial charge in [0.2, 0.25) is 0 Å². The van der Waals surface area contributed by atoms with Gasteiger partial charge < -0.3 is 10.2 Å². The number of halogens is 1. The topological polar surface area (TPSA) is 63.5 Å². The lowest BCUT2D eigenvalue weighted by Crippen LogP contribution is -2.17. The van der Waals surface area contributed by atoms with Gasteiger partial charge in [-0.05, 0) is 25.1 Å². The lowest BCUT2D eigenvalue weighted by Gasteiger charge is -2.09. The standard InChI is InChI=1S/C12H10BrN3OS/c1-6-8-4-7(13)2-3-10(8)17-11(6)9-5-18-12(14)16-15-9/h2-5,15H,1H3,(H2,14,16). The summed E-state index contributed by atoms with van der Waals surface area (Å²) >= 11 is 4.84. The number of benzene rings is 1. The maximum Gasteiger partial charge on any atom is 0.182 e. The third-order valence-electron chi connectivity index (χ3n) is 2.73. The van der Waals surface area contributed by atoms with Crippen molar-refractivity contribution in [2.75, 3.05) is 0 Å². The highest BCUT2D eigenvalue weighted by Crippen LogP contribution is 2.32. The summed E-state index contributed by atoms with van der Waals surface area (Å²) in [5.74, 6) is 0.798. The Hall–Kier alpha value is -1.40. The first-order valence-corrected chi connectivity index (χ1v) is 6.97. The summed E-state index contributed by atoms with van der Waals surface area (Å²) in [6, 6.07) is 5.96. The number of nitrogens with two attached hydrogens (primary N) is 1. The maximum absolute atomic E-state index is 5.85. The van der Waals surface area contributed by atoms with Crippen molar-refractivity contribution in [2.45, 2.75) is 6.92 Å². The first-order chi connectivity index (χ1) is 8.65. The molecule has 0 fully saturated rings. The van der Waals surface area contributed by atoms with Crippen LogP contribution >= 0.6 is 27.7 Å². The van der Waals surface area contributed by atoms with E-state index in [4.69, 9.17) is 10.2 Å². The monoisotopic (exact) mass is 323 g/mol. The van der Waals surface area contributed by atoms with Crippen LogP contribution in [0.2, 0.25) is 0 Å². The third-order valence-corrected chi connectivity index (χ3v) is 3.91. The molecule has 0 bridgehead atoms. The number of nitrogens with zero attached hydrogens (tertiary/aromatic N) is 1. The number of fused-ring (bicyclic) bond motifs is 1. The normalized spacial score (nSPS) is 15.2. The van der Waals surface area contributed by atoms with Crippen LogP contribution in [0.1, 0.15) is 11.3 Å². The van der Waals surface area contributed by atoms with E-state index in [1.807, 2.05) is 30.5 Å². The SMILES string of the molecule is Cc1c(C2=CSC(N)=NN2)oc2ccc(Br)cc12. The molecule has 6 heteroatoms. The molecule has 0 amide bonds. The summed E-state index contributed by atoms with van der Waals surface area (Å²) in [5, 5.41) is 7.48. The molecular weight excluding hydrogens is 314 g/mol. The Bertz CT molecular complexity index is 690. The van der Waals surface area contributed by atoms with E-state index in [0.29, 0.717) is 5.17 Å². The van der Waals surface area contributed by atoms with Gasteiger partial charge in [-0.15, -0.1) is 0 Å². The van der Waals surface area contributed by atoms with Crippen molar-refractivity contribution in [3.63, 3.8) is 0 Å². The van der Waals surface area contributed by atoms with E-state index in [1.54, 1.807) is 0 Å². The van der Waals surface area contributed by atoms with Crippen molar-refractivity contribution in [2.24, 2.45) is 10.8 Å². The van der Waals surface area contributed by atoms with E-state index in [-0.39, 0.29) is 0 Å². The second kappa shape index (κ2) is 4.37. The van der Waals surface area contributed by atoms with E-state index in [2.05, 4.69) is 26.5 Å². The smallest absolute Gasteiger partial charge is 0.182 e. The summed E-state index contributed by atoms with van der Waals surface area (Å²) in [5.41, 5.74) is 11.3. The first kappa shape index (κ1) is 11.7. The van der Waals surface area contributed by atoms with Crippen molar-refractivity contribution in [3.05, 3.63) is 39.4 Å². The second-order valence-corrected chi connectivity index (χ2v) is 5.71. The minimum Gasteiger partial charge on any atom is -0.454 e. The van der Waals surface area contributed by atoms with Gasteiger partial charge in [-0.25, -0.2) is 0 Å². The molecule has 4 nitrogen and oxygen atoms in total. The highest BCUT2D eigenvalue weighted by Gasteiger charge is 2.16. The molecule has 0 saturated heterocycles. The van der Waals surface area contributed by atoms with Crippen LogP contribution in [0.15, 0.2) is 37.6 Å². The van der Waals surface area contributed by atoms with Gasteiger partial charge in [-0.3, -0.25) is 5.43 Å². The number of hydrazone groups is 1. The van der Waals surface area contributed by atoms with Crippen LogP contribution < -0.4 is 11.2 Å². The number of aryl methyl sites for hydroxylation is 1. The highest BCUT2D eigenvalue weighted by atomic mass is 79.9. The largest absolute Gasteiger partial charge is 0.454 e. The molecule has 0 aliphatic carbocycles. The average Bonchev–Trinajstić information content (AvgIpc) is 2.68. The van der Waals surface area contributed by atoms with Crippen molar-refractivity contribution in [1.29, 1.82) is 0 Å². The van der Waals surface area contributed by atoms with Crippen LogP contribution in [0.5, 0.6) is 0 Å². The maximum atomic E-state index is 5.85. The van der Waals surface area contributed by atoms with E-state index in [1.165, 1.54) is 11.8 Å². The molecule has 0 atom stereocenters. The summed E-state index contributed by atoms with van der Waals surface area (Å²) < 4.78 is 6.89. The van der Waals surface area contributed by atoms with Gasteiger partial charge in [-0.1, -0.05) is 27.7 Å². The molecule has 3 N–H and O–H groups in total. The Morgan fingerprint density at radius 1 is 1.44 bits per heavy atom. The molecule has 1 aromatic heterocycles. The first-order valence-electron chi connectivity index (χ1n) is 5.30. The van der Waals surface area contributed by atoms with Gasteiger partial charge in [0.15, 0.2) is 10.9 Å². The molecule has 0 unspecified atom stereocenters. The summed E-state index contributed by atoms with van der Waals surface area (Å²) in [7, 11) is 0. The number of furan rings is 1. The molecule has 1 aliphatic rings. The van der Waals surface area contributed by atoms with E-state index < -0.39 is 0 Å². The fraction of sp³-hybridized carbons (Fsp3) is 0.0833. The van der Waals surface area contributed by atoms with Crippen LogP contribution in [-0.4, -0.2) is 5.17 Å². The lowest BCUT2D eigenvalue weighted by atomic mass is 10.1. The Morgan fingerprint density at radius 2 is 2.28 bits per heavy atom. The molecular formula is C12H10BrN3OS. The predicted molar refractivity (Wildman–Crippen MR) is 79.0 cm³/mol. The second-order valence-electron chi connectivity index (χ2n) is 3.91. The van der Waals surface area contributed by atoms with Crippen molar-refractivity contribution in [1.82, 2.24) is 5.43 Å². The molecule has 1 aliphatic heterocycles. The van der Waals surface area contributed by atoms with Gasteiger partial charge in [0.25, 0.3) is 0 Å². The van der Waals surface area contributed by atoms with Crippen LogP contribution in [0.3, 0.4) is 0 Å². The van der Waals surface area contributed by atoms with Crippen molar-refractivity contribution < 1.29 is 4.42 Å². The van der Waals surface area contributed by atoms with E-state index in [0.717, 1.165) is 32.5 Å². The molecule has 1 aromatic carbocycles. The van der Waals surface area contributed by atoms with Crippen molar-refractivity contribution in [3.8, 4) is 0 Å². The molecule has 92 valence electrons. The van der Waals surface area contributed by atoms with Gasteiger partial charge >= 0.3 is 0 Å². The number of nitrogens with one attached hydrogen (secondary N) is 1. The lowest BCUT2D eigenvalue weighted by molar-refractivity contribution is 0.590. The Balaban J connectivity index is 2.11. The zero-order valence-electron chi connectivity index (χ0n) is 9.53. The van der Waals surface area contributed by atoms with Gasteiger partial charge in [0.1, 0.15) is 11.3 Å². The van der Waals surface area contributed by atoms with Gasteiger partial charge in [0, 0.05) is 20.8 Å². The van der Waals surface area contributed by atoms with Crippen LogP contribution in [-0.2, 0) is 0 Å². The van der Waals surface area contributed by atoms with Crippen LogP contribution in [0, 0.1) is 6.92 Å². The molecule has 0 radical (unpaired) electrons. The van der Waals surface area contributed by atoms with Gasteiger partial charge in [-0.2, -0.15) is 5.10 Å². The summed E-state index contributed by atoms with van der Waals surface area (Å²) in [6.07, 6.45) is 0. The molecule has 2 aromatic rings. The molecule has 0 saturated carbocycles. The van der Waals surface area contributed by atoms with Crippen LogP contribution in [0.4, 0.5) is 0 Å². The quantitative estimate of drug-likeness (QED) is 0.844. The fourth-order valence-electron chi connectivity index (χ4n) is 1.84. The number of hydrogen-bond donors (Lipinski definition) is 2.